The second-order valence-corrected chi connectivity index (χ2v) is 6.83. The number of aromatic nitrogens is 2. The summed E-state index contributed by atoms with van der Waals surface area (Å²) < 4.78 is 18.5. The lowest BCUT2D eigenvalue weighted by molar-refractivity contribution is 0.354. The predicted octanol–water partition coefficient (Wildman–Crippen LogP) is 3.89. The maximum absolute atomic E-state index is 12.6. The number of rotatable bonds is 4. The van der Waals surface area contributed by atoms with Crippen molar-refractivity contribution in [1.29, 1.82) is 0 Å². The molecule has 0 amide bonds. The van der Waals surface area contributed by atoms with Crippen LogP contribution in [-0.4, -0.2) is 23.8 Å². The van der Waals surface area contributed by atoms with Crippen LogP contribution in [0.5, 0.6) is 23.1 Å². The lowest BCUT2D eigenvalue weighted by Gasteiger charge is -2.23. The minimum absolute atomic E-state index is 0.285. The van der Waals surface area contributed by atoms with Crippen LogP contribution >= 0.6 is 0 Å². The molecule has 0 unspecified atom stereocenters. The fraction of sp³-hybridized carbons (Fsp3) is 0.273. The molecular weight excluding hydrogens is 356 g/mol. The number of benzene rings is 2. The lowest BCUT2D eigenvalue weighted by atomic mass is 9.97. The largest absolute Gasteiger partial charge is 0.493 e. The summed E-state index contributed by atoms with van der Waals surface area (Å²) >= 11 is 0. The van der Waals surface area contributed by atoms with Crippen LogP contribution in [0.25, 0.3) is 11.3 Å². The van der Waals surface area contributed by atoms with Gasteiger partial charge in [-0.05, 0) is 55.2 Å². The van der Waals surface area contributed by atoms with Gasteiger partial charge in [-0.3, -0.25) is 4.57 Å². The molecule has 0 saturated heterocycles. The summed E-state index contributed by atoms with van der Waals surface area (Å²) in [7, 11) is 3.22. The van der Waals surface area contributed by atoms with Crippen molar-refractivity contribution in [2.75, 3.05) is 14.2 Å². The van der Waals surface area contributed by atoms with E-state index in [1.54, 1.807) is 18.8 Å². The Labute approximate surface area is 163 Å². The van der Waals surface area contributed by atoms with E-state index in [0.717, 1.165) is 34.4 Å². The first-order valence-corrected chi connectivity index (χ1v) is 9.13. The summed E-state index contributed by atoms with van der Waals surface area (Å²) in [5.74, 6) is 2.28. The summed E-state index contributed by atoms with van der Waals surface area (Å²) in [4.78, 5) is 16.8. The molecule has 1 aromatic heterocycles. The van der Waals surface area contributed by atoms with E-state index in [2.05, 4.69) is 4.98 Å². The highest BCUT2D eigenvalue weighted by Gasteiger charge is 2.22. The maximum atomic E-state index is 12.6. The van der Waals surface area contributed by atoms with Crippen molar-refractivity contribution in [3.63, 3.8) is 0 Å². The van der Waals surface area contributed by atoms with Gasteiger partial charge in [0.15, 0.2) is 11.5 Å². The van der Waals surface area contributed by atoms with Crippen molar-refractivity contribution >= 4 is 0 Å². The second-order valence-electron chi connectivity index (χ2n) is 6.83. The van der Waals surface area contributed by atoms with Gasteiger partial charge >= 0.3 is 5.69 Å². The Kier molecular flexibility index (Phi) is 4.55. The molecule has 6 nitrogen and oxygen atoms in total. The van der Waals surface area contributed by atoms with Crippen LogP contribution in [0.15, 0.2) is 41.2 Å². The molecule has 0 radical (unpaired) electrons. The number of hydrogen-bond acceptors (Lipinski definition) is 5. The maximum Gasteiger partial charge on any atom is 0.351 e. The summed E-state index contributed by atoms with van der Waals surface area (Å²) in [6.07, 6.45) is 0.724. The number of ether oxygens (including phenoxy) is 3. The SMILES string of the molecule is COc1cc2c(cc1OC)-c1cc(Oc3cccc(C)c3C)nc(=O)n1CC2. The van der Waals surface area contributed by atoms with E-state index >= 15 is 0 Å². The molecule has 0 aliphatic carbocycles. The molecule has 28 heavy (non-hydrogen) atoms. The summed E-state index contributed by atoms with van der Waals surface area (Å²) in [5.41, 5.74) is 4.61. The van der Waals surface area contributed by atoms with Crippen LogP contribution in [0.2, 0.25) is 0 Å². The monoisotopic (exact) mass is 378 g/mol. The minimum atomic E-state index is -0.321. The highest BCUT2D eigenvalue weighted by atomic mass is 16.5. The lowest BCUT2D eigenvalue weighted by Crippen LogP contribution is -2.28. The summed E-state index contributed by atoms with van der Waals surface area (Å²) in [5, 5.41) is 0. The molecule has 1 aliphatic rings. The van der Waals surface area contributed by atoms with Crippen molar-refractivity contribution < 1.29 is 14.2 Å². The number of hydrogen-bond donors (Lipinski definition) is 0. The van der Waals surface area contributed by atoms with E-state index in [4.69, 9.17) is 14.2 Å². The molecule has 0 atom stereocenters. The topological polar surface area (TPSA) is 62.6 Å². The van der Waals surface area contributed by atoms with Crippen molar-refractivity contribution in [3.8, 4) is 34.4 Å². The first-order chi connectivity index (χ1) is 13.5. The third kappa shape index (κ3) is 3.01. The van der Waals surface area contributed by atoms with Crippen LogP contribution in [0.1, 0.15) is 16.7 Å². The van der Waals surface area contributed by atoms with Gasteiger partial charge in [-0.1, -0.05) is 12.1 Å². The fourth-order valence-electron chi connectivity index (χ4n) is 3.52. The van der Waals surface area contributed by atoms with E-state index in [1.165, 1.54) is 0 Å². The Bertz CT molecular complexity index is 1120. The molecule has 3 aromatic rings. The van der Waals surface area contributed by atoms with Crippen LogP contribution in [0, 0.1) is 13.8 Å². The highest BCUT2D eigenvalue weighted by molar-refractivity contribution is 5.70. The van der Waals surface area contributed by atoms with Gasteiger partial charge in [-0.25, -0.2) is 4.79 Å². The van der Waals surface area contributed by atoms with Crippen LogP contribution in [0.4, 0.5) is 0 Å². The number of fused-ring (bicyclic) bond motifs is 3. The number of methoxy groups -OCH3 is 2. The van der Waals surface area contributed by atoms with E-state index < -0.39 is 0 Å². The van der Waals surface area contributed by atoms with Gasteiger partial charge in [0.1, 0.15) is 5.75 Å². The van der Waals surface area contributed by atoms with Gasteiger partial charge in [0.25, 0.3) is 0 Å². The molecule has 0 fully saturated rings. The first kappa shape index (κ1) is 18.1. The molecule has 0 spiro atoms. The van der Waals surface area contributed by atoms with Gasteiger partial charge < -0.3 is 14.2 Å². The van der Waals surface area contributed by atoms with Gasteiger partial charge in [0.2, 0.25) is 5.88 Å². The molecule has 0 saturated carbocycles. The zero-order valence-corrected chi connectivity index (χ0v) is 16.4. The number of nitrogens with zero attached hydrogens (tertiary/aromatic N) is 2. The average Bonchev–Trinajstić information content (AvgIpc) is 2.70. The standard InChI is InChI=1S/C22H22N2O4/c1-13-6-5-7-18(14(13)2)28-21-12-17-16-11-20(27-4)19(26-3)10-15(16)8-9-24(17)22(25)23-21/h5-7,10-12H,8-9H2,1-4H3. The van der Waals surface area contributed by atoms with E-state index in [-0.39, 0.29) is 11.6 Å². The Balaban J connectivity index is 1.83. The van der Waals surface area contributed by atoms with Crippen LogP contribution in [0.3, 0.4) is 0 Å². The molecule has 2 aromatic carbocycles. The summed E-state index contributed by atoms with van der Waals surface area (Å²) in [6, 6.07) is 11.5. The molecule has 4 rings (SSSR count). The molecule has 2 heterocycles. The zero-order valence-electron chi connectivity index (χ0n) is 16.4. The predicted molar refractivity (Wildman–Crippen MR) is 107 cm³/mol. The Morgan fingerprint density at radius 2 is 1.75 bits per heavy atom. The van der Waals surface area contributed by atoms with E-state index in [1.807, 2.05) is 50.2 Å². The molecular formula is C22H22N2O4. The van der Waals surface area contributed by atoms with Crippen molar-refractivity contribution in [3.05, 3.63) is 63.6 Å². The quantitative estimate of drug-likeness (QED) is 0.689. The van der Waals surface area contributed by atoms with Gasteiger partial charge in [-0.2, -0.15) is 4.98 Å². The number of aryl methyl sites for hydroxylation is 2. The van der Waals surface area contributed by atoms with Gasteiger partial charge in [0.05, 0.1) is 19.9 Å². The van der Waals surface area contributed by atoms with Gasteiger partial charge in [0, 0.05) is 18.2 Å². The van der Waals surface area contributed by atoms with E-state index in [9.17, 15) is 4.79 Å². The molecule has 0 N–H and O–H groups in total. The fourth-order valence-corrected chi connectivity index (χ4v) is 3.52. The Morgan fingerprint density at radius 3 is 2.50 bits per heavy atom. The van der Waals surface area contributed by atoms with Crippen LogP contribution in [-0.2, 0) is 13.0 Å². The van der Waals surface area contributed by atoms with Crippen LogP contribution < -0.4 is 19.9 Å². The molecule has 1 aliphatic heterocycles. The van der Waals surface area contributed by atoms with Gasteiger partial charge in [-0.15, -0.1) is 0 Å². The third-order valence-corrected chi connectivity index (χ3v) is 5.25. The zero-order chi connectivity index (χ0) is 19.8. The molecule has 144 valence electrons. The van der Waals surface area contributed by atoms with E-state index in [0.29, 0.717) is 23.8 Å². The van der Waals surface area contributed by atoms with Crippen molar-refractivity contribution in [2.45, 2.75) is 26.8 Å². The average molecular weight is 378 g/mol. The summed E-state index contributed by atoms with van der Waals surface area (Å²) in [6.45, 7) is 4.57. The molecule has 6 heteroatoms. The third-order valence-electron chi connectivity index (χ3n) is 5.25. The minimum Gasteiger partial charge on any atom is -0.493 e. The van der Waals surface area contributed by atoms with Crippen molar-refractivity contribution in [1.82, 2.24) is 9.55 Å². The normalized spacial score (nSPS) is 12.1. The Hall–Kier alpha value is -3.28. The smallest absolute Gasteiger partial charge is 0.351 e. The Morgan fingerprint density at radius 1 is 1.00 bits per heavy atom. The highest BCUT2D eigenvalue weighted by Crippen LogP contribution is 2.38. The molecule has 0 bridgehead atoms. The first-order valence-electron chi connectivity index (χ1n) is 9.13. The second kappa shape index (κ2) is 7.03. The van der Waals surface area contributed by atoms with Crippen molar-refractivity contribution in [2.24, 2.45) is 0 Å².